The molecular formula is C54H46ClN5. The van der Waals surface area contributed by atoms with Crippen LogP contribution in [0, 0.1) is 13.8 Å². The molecule has 0 saturated carbocycles. The van der Waals surface area contributed by atoms with Gasteiger partial charge in [0.1, 0.15) is 5.82 Å². The van der Waals surface area contributed by atoms with Gasteiger partial charge in [-0.1, -0.05) is 128 Å². The Morgan fingerprint density at radius 2 is 1.07 bits per heavy atom. The van der Waals surface area contributed by atoms with Crippen LogP contribution in [0.4, 0.5) is 22.7 Å². The van der Waals surface area contributed by atoms with Gasteiger partial charge in [0.15, 0.2) is 0 Å². The SMILES string of the molecule is CCc1cc(N(Cc2ccccc2)c2ccc(-c3ccccn3)cc2)c(Cl)c(N(Cc2ccccc2)c2ccc(-c3nc4ccccc4n3-c3c(C)cccc3C)cc2)c1. The van der Waals surface area contributed by atoms with Crippen molar-refractivity contribution in [2.24, 2.45) is 0 Å². The van der Waals surface area contributed by atoms with E-state index < -0.39 is 0 Å². The molecule has 2 aromatic heterocycles. The number of halogens is 1. The second-order valence-corrected chi connectivity index (χ2v) is 15.6. The number of rotatable bonds is 12. The molecule has 0 aliphatic carbocycles. The number of nitrogens with zero attached hydrogens (tertiary/aromatic N) is 5. The van der Waals surface area contributed by atoms with Crippen LogP contribution in [0.3, 0.4) is 0 Å². The van der Waals surface area contributed by atoms with Crippen molar-refractivity contribution in [2.75, 3.05) is 9.80 Å². The quantitative estimate of drug-likeness (QED) is 0.123. The summed E-state index contributed by atoms with van der Waals surface area (Å²) in [7, 11) is 0. The van der Waals surface area contributed by atoms with E-state index in [1.54, 1.807) is 0 Å². The summed E-state index contributed by atoms with van der Waals surface area (Å²) in [6.45, 7) is 7.83. The third-order valence-corrected chi connectivity index (χ3v) is 11.6. The average molecular weight is 800 g/mol. The number of aromatic nitrogens is 3. The molecule has 0 aliphatic heterocycles. The van der Waals surface area contributed by atoms with Gasteiger partial charge in [0.05, 0.1) is 38.8 Å². The van der Waals surface area contributed by atoms with Crippen molar-refractivity contribution in [1.82, 2.24) is 14.5 Å². The Kier molecular flexibility index (Phi) is 11.0. The molecule has 0 atom stereocenters. The monoisotopic (exact) mass is 799 g/mol. The number of pyridine rings is 1. The summed E-state index contributed by atoms with van der Waals surface area (Å²) < 4.78 is 2.31. The van der Waals surface area contributed by atoms with Crippen LogP contribution < -0.4 is 9.80 Å². The minimum absolute atomic E-state index is 0.630. The van der Waals surface area contributed by atoms with Crippen molar-refractivity contribution in [3.05, 3.63) is 221 Å². The minimum Gasteiger partial charge on any atom is -0.336 e. The highest BCUT2D eigenvalue weighted by molar-refractivity contribution is 6.36. The first-order valence-corrected chi connectivity index (χ1v) is 20.9. The third kappa shape index (κ3) is 7.80. The predicted octanol–water partition coefficient (Wildman–Crippen LogP) is 14.3. The van der Waals surface area contributed by atoms with E-state index >= 15 is 0 Å². The number of imidazole rings is 1. The number of hydrogen-bond donors (Lipinski definition) is 0. The van der Waals surface area contributed by atoms with Crippen LogP contribution in [-0.4, -0.2) is 14.5 Å². The zero-order chi connectivity index (χ0) is 41.0. The summed E-state index contributed by atoms with van der Waals surface area (Å²) in [4.78, 5) is 14.5. The molecule has 60 heavy (non-hydrogen) atoms. The lowest BCUT2D eigenvalue weighted by Crippen LogP contribution is -2.21. The second-order valence-electron chi connectivity index (χ2n) is 15.3. The Hall–Kier alpha value is -6.95. The second kappa shape index (κ2) is 17.1. The van der Waals surface area contributed by atoms with E-state index in [1.807, 2.05) is 24.4 Å². The number of aryl methyl sites for hydroxylation is 3. The van der Waals surface area contributed by atoms with Crippen molar-refractivity contribution < 1.29 is 0 Å². The van der Waals surface area contributed by atoms with Gasteiger partial charge >= 0.3 is 0 Å². The molecular weight excluding hydrogens is 754 g/mol. The van der Waals surface area contributed by atoms with E-state index in [4.69, 9.17) is 16.6 Å². The van der Waals surface area contributed by atoms with Gasteiger partial charge in [-0.2, -0.15) is 0 Å². The molecule has 0 spiro atoms. The fourth-order valence-corrected chi connectivity index (χ4v) is 8.46. The summed E-state index contributed by atoms with van der Waals surface area (Å²) in [5, 5.41) is 0.689. The zero-order valence-electron chi connectivity index (χ0n) is 34.1. The molecule has 7 aromatic carbocycles. The molecule has 5 nitrogen and oxygen atoms in total. The first-order valence-electron chi connectivity index (χ1n) is 20.6. The number of anilines is 4. The Balaban J connectivity index is 1.17. The van der Waals surface area contributed by atoms with E-state index in [2.05, 4.69) is 204 Å². The lowest BCUT2D eigenvalue weighted by atomic mass is 10.0. The van der Waals surface area contributed by atoms with Crippen LogP contribution in [-0.2, 0) is 19.5 Å². The van der Waals surface area contributed by atoms with Gasteiger partial charge in [-0.15, -0.1) is 0 Å². The van der Waals surface area contributed by atoms with Crippen LogP contribution in [0.15, 0.2) is 188 Å². The van der Waals surface area contributed by atoms with Gasteiger partial charge in [0.25, 0.3) is 0 Å². The Bertz CT molecular complexity index is 2850. The summed E-state index contributed by atoms with van der Waals surface area (Å²) in [5.41, 5.74) is 16.2. The standard InChI is InChI=1S/C54H46ClN5/c1-4-40-34-50(58(36-41-18-7-5-8-19-41)45-29-25-43(26-30-45)47-22-13-14-33-56-47)52(55)51(35-40)59(37-42-20-9-6-10-21-42)46-31-27-44(28-32-46)54-57-48-23-11-12-24-49(48)60(54)53-38(2)16-15-17-39(53)3/h5-35H,4,36-37H2,1-3H3. The predicted molar refractivity (Wildman–Crippen MR) is 251 cm³/mol. The maximum Gasteiger partial charge on any atom is 0.145 e. The Morgan fingerprint density at radius 1 is 0.533 bits per heavy atom. The maximum absolute atomic E-state index is 7.77. The first kappa shape index (κ1) is 38.6. The molecule has 0 saturated heterocycles. The van der Waals surface area contributed by atoms with Gasteiger partial charge in [-0.05, 0) is 121 Å². The van der Waals surface area contributed by atoms with Crippen LogP contribution in [0.2, 0.25) is 5.02 Å². The molecule has 9 aromatic rings. The number of hydrogen-bond acceptors (Lipinski definition) is 4. The van der Waals surface area contributed by atoms with Crippen LogP contribution in [0.5, 0.6) is 0 Å². The molecule has 2 heterocycles. The lowest BCUT2D eigenvalue weighted by Gasteiger charge is -2.32. The number of benzene rings is 7. The van der Waals surface area contributed by atoms with E-state index in [-0.39, 0.29) is 0 Å². The largest absolute Gasteiger partial charge is 0.336 e. The highest BCUT2D eigenvalue weighted by Crippen LogP contribution is 2.44. The molecule has 0 unspecified atom stereocenters. The van der Waals surface area contributed by atoms with E-state index in [0.29, 0.717) is 18.1 Å². The molecule has 6 heteroatoms. The molecule has 0 bridgehead atoms. The molecule has 294 valence electrons. The smallest absolute Gasteiger partial charge is 0.145 e. The van der Waals surface area contributed by atoms with Crippen LogP contribution in [0.1, 0.15) is 34.7 Å². The number of fused-ring (bicyclic) bond motifs is 1. The maximum atomic E-state index is 7.77. The van der Waals surface area contributed by atoms with Crippen molar-refractivity contribution in [3.63, 3.8) is 0 Å². The van der Waals surface area contributed by atoms with E-state index in [9.17, 15) is 0 Å². The van der Waals surface area contributed by atoms with Crippen molar-refractivity contribution >= 4 is 45.4 Å². The van der Waals surface area contributed by atoms with Gasteiger partial charge < -0.3 is 9.80 Å². The Labute approximate surface area is 357 Å². The fraction of sp³-hybridized carbons (Fsp3) is 0.111. The first-order chi connectivity index (χ1) is 29.4. The summed E-state index contributed by atoms with van der Waals surface area (Å²) >= 11 is 7.77. The molecule has 0 radical (unpaired) electrons. The van der Waals surface area contributed by atoms with Crippen LogP contribution >= 0.6 is 11.6 Å². The lowest BCUT2D eigenvalue weighted by molar-refractivity contribution is 0.952. The normalized spacial score (nSPS) is 11.2. The van der Waals surface area contributed by atoms with Gasteiger partial charge in [0.2, 0.25) is 0 Å². The van der Waals surface area contributed by atoms with Crippen molar-refractivity contribution in [1.29, 1.82) is 0 Å². The van der Waals surface area contributed by atoms with Crippen molar-refractivity contribution in [2.45, 2.75) is 40.3 Å². The van der Waals surface area contributed by atoms with E-state index in [1.165, 1.54) is 27.8 Å². The number of para-hydroxylation sites is 3. The molecule has 0 fully saturated rings. The average Bonchev–Trinajstić information content (AvgIpc) is 3.68. The third-order valence-electron chi connectivity index (χ3n) is 11.3. The summed E-state index contributed by atoms with van der Waals surface area (Å²) in [5.74, 6) is 0.911. The highest BCUT2D eigenvalue weighted by Gasteiger charge is 2.23. The molecule has 0 N–H and O–H groups in total. The highest BCUT2D eigenvalue weighted by atomic mass is 35.5. The summed E-state index contributed by atoms with van der Waals surface area (Å²) in [6, 6.07) is 64.0. The molecule has 0 amide bonds. The van der Waals surface area contributed by atoms with E-state index in [0.717, 1.165) is 68.5 Å². The molecule has 9 rings (SSSR count). The van der Waals surface area contributed by atoms with Crippen LogP contribution in [0.25, 0.3) is 39.4 Å². The van der Waals surface area contributed by atoms with Crippen molar-refractivity contribution in [3.8, 4) is 28.3 Å². The fourth-order valence-electron chi connectivity index (χ4n) is 8.15. The van der Waals surface area contributed by atoms with Gasteiger partial charge in [0, 0.05) is 41.8 Å². The van der Waals surface area contributed by atoms with Gasteiger partial charge in [-0.3, -0.25) is 9.55 Å². The minimum atomic E-state index is 0.630. The summed E-state index contributed by atoms with van der Waals surface area (Å²) in [6.07, 6.45) is 2.68. The molecule has 0 aliphatic rings. The Morgan fingerprint density at radius 3 is 1.62 bits per heavy atom. The van der Waals surface area contributed by atoms with Gasteiger partial charge in [-0.25, -0.2) is 4.98 Å². The topological polar surface area (TPSA) is 37.2 Å². The zero-order valence-corrected chi connectivity index (χ0v) is 34.9.